The van der Waals surface area contributed by atoms with Crippen molar-refractivity contribution in [2.75, 3.05) is 13.1 Å². The largest absolute Gasteiger partial charge is 0.351 e. The van der Waals surface area contributed by atoms with E-state index in [-0.39, 0.29) is 23.2 Å². The zero-order valence-corrected chi connectivity index (χ0v) is 10.1. The highest BCUT2D eigenvalue weighted by Gasteiger charge is 2.10. The fourth-order valence-electron chi connectivity index (χ4n) is 1.27. The molecule has 0 aliphatic heterocycles. The van der Waals surface area contributed by atoms with Crippen molar-refractivity contribution in [1.29, 1.82) is 0 Å². The average molecular weight is 235 g/mol. The van der Waals surface area contributed by atoms with Crippen LogP contribution in [0.5, 0.6) is 0 Å². The van der Waals surface area contributed by atoms with E-state index in [2.05, 4.69) is 15.6 Å². The molecule has 5 nitrogen and oxygen atoms in total. The van der Waals surface area contributed by atoms with Gasteiger partial charge in [0.25, 0.3) is 11.8 Å². The second kappa shape index (κ2) is 6.62. The predicted octanol–water partition coefficient (Wildman–Crippen LogP) is 0.971. The Balaban J connectivity index is 2.78. The molecule has 0 aliphatic carbocycles. The Morgan fingerprint density at radius 1 is 1.12 bits per heavy atom. The molecule has 1 heterocycles. The number of rotatable bonds is 5. The first-order valence-corrected chi connectivity index (χ1v) is 5.72. The summed E-state index contributed by atoms with van der Waals surface area (Å²) in [6, 6.07) is 4.83. The van der Waals surface area contributed by atoms with E-state index in [1.165, 1.54) is 0 Å². The Kier molecular flexibility index (Phi) is 5.13. The highest BCUT2D eigenvalue weighted by Crippen LogP contribution is 1.99. The molecule has 2 N–H and O–H groups in total. The van der Waals surface area contributed by atoms with E-state index in [1.54, 1.807) is 18.2 Å². The van der Waals surface area contributed by atoms with Gasteiger partial charge in [0, 0.05) is 13.1 Å². The molecule has 0 aromatic carbocycles. The first-order chi connectivity index (χ1) is 8.19. The van der Waals surface area contributed by atoms with Gasteiger partial charge in [-0.1, -0.05) is 13.0 Å². The van der Waals surface area contributed by atoms with E-state index in [9.17, 15) is 9.59 Å². The average Bonchev–Trinajstić information content (AvgIpc) is 2.36. The van der Waals surface area contributed by atoms with Crippen LogP contribution in [0.15, 0.2) is 18.2 Å². The maximum Gasteiger partial charge on any atom is 0.269 e. The highest BCUT2D eigenvalue weighted by molar-refractivity contribution is 5.96. The zero-order valence-electron chi connectivity index (χ0n) is 10.1. The first-order valence-electron chi connectivity index (χ1n) is 5.72. The van der Waals surface area contributed by atoms with E-state index in [0.717, 1.165) is 6.42 Å². The number of aromatic nitrogens is 1. The fourth-order valence-corrected chi connectivity index (χ4v) is 1.27. The maximum absolute atomic E-state index is 11.6. The quantitative estimate of drug-likeness (QED) is 0.799. The van der Waals surface area contributed by atoms with E-state index in [4.69, 9.17) is 0 Å². The summed E-state index contributed by atoms with van der Waals surface area (Å²) >= 11 is 0. The van der Waals surface area contributed by atoms with Gasteiger partial charge in [0.1, 0.15) is 11.4 Å². The molecule has 0 spiro atoms. The van der Waals surface area contributed by atoms with Crippen molar-refractivity contribution >= 4 is 11.8 Å². The fraction of sp³-hybridized carbons (Fsp3) is 0.417. The molecule has 0 fully saturated rings. The molecule has 0 saturated heterocycles. The van der Waals surface area contributed by atoms with E-state index >= 15 is 0 Å². The SMILES string of the molecule is CCCNC(=O)c1cccc(C(=O)NCC)n1. The van der Waals surface area contributed by atoms with Crippen molar-refractivity contribution in [2.24, 2.45) is 0 Å². The van der Waals surface area contributed by atoms with Gasteiger partial charge in [-0.2, -0.15) is 0 Å². The van der Waals surface area contributed by atoms with Crippen molar-refractivity contribution in [1.82, 2.24) is 15.6 Å². The second-order valence-electron chi connectivity index (χ2n) is 3.52. The monoisotopic (exact) mass is 235 g/mol. The number of amides is 2. The number of hydrogen-bond acceptors (Lipinski definition) is 3. The van der Waals surface area contributed by atoms with E-state index in [0.29, 0.717) is 13.1 Å². The van der Waals surface area contributed by atoms with Crippen molar-refractivity contribution in [2.45, 2.75) is 20.3 Å². The molecule has 0 aliphatic rings. The van der Waals surface area contributed by atoms with Crippen LogP contribution in [0.3, 0.4) is 0 Å². The molecule has 5 heteroatoms. The summed E-state index contributed by atoms with van der Waals surface area (Å²) in [7, 11) is 0. The molecule has 1 aromatic rings. The standard InChI is InChI=1S/C12H17N3O2/c1-3-8-14-12(17)10-7-5-6-9(15-10)11(16)13-4-2/h5-7H,3-4,8H2,1-2H3,(H,13,16)(H,14,17). The Morgan fingerprint density at radius 2 is 1.71 bits per heavy atom. The lowest BCUT2D eigenvalue weighted by Gasteiger charge is -2.05. The van der Waals surface area contributed by atoms with Crippen LogP contribution in [0.2, 0.25) is 0 Å². The summed E-state index contributed by atoms with van der Waals surface area (Å²) in [6.07, 6.45) is 0.863. The molecular weight excluding hydrogens is 218 g/mol. The molecule has 1 rings (SSSR count). The number of nitrogens with one attached hydrogen (secondary N) is 2. The predicted molar refractivity (Wildman–Crippen MR) is 64.9 cm³/mol. The van der Waals surface area contributed by atoms with Gasteiger partial charge >= 0.3 is 0 Å². The van der Waals surface area contributed by atoms with Crippen molar-refractivity contribution < 1.29 is 9.59 Å². The van der Waals surface area contributed by atoms with E-state index < -0.39 is 0 Å². The summed E-state index contributed by atoms with van der Waals surface area (Å²) in [4.78, 5) is 27.2. The second-order valence-corrected chi connectivity index (χ2v) is 3.52. The summed E-state index contributed by atoms with van der Waals surface area (Å²) in [5.41, 5.74) is 0.526. The van der Waals surface area contributed by atoms with Crippen LogP contribution in [0.25, 0.3) is 0 Å². The molecule has 0 unspecified atom stereocenters. The van der Waals surface area contributed by atoms with Crippen molar-refractivity contribution in [3.8, 4) is 0 Å². The van der Waals surface area contributed by atoms with Crippen molar-refractivity contribution in [3.05, 3.63) is 29.6 Å². The molecule has 1 aromatic heterocycles. The van der Waals surface area contributed by atoms with Gasteiger partial charge in [0.2, 0.25) is 0 Å². The third-order valence-corrected chi connectivity index (χ3v) is 2.09. The van der Waals surface area contributed by atoms with Crippen LogP contribution in [0.1, 0.15) is 41.2 Å². The number of hydrogen-bond donors (Lipinski definition) is 2. The molecule has 0 atom stereocenters. The number of carbonyl (C=O) groups excluding carboxylic acids is 2. The van der Waals surface area contributed by atoms with Crippen LogP contribution < -0.4 is 10.6 Å². The van der Waals surface area contributed by atoms with Gasteiger partial charge < -0.3 is 10.6 Å². The summed E-state index contributed by atoms with van der Waals surface area (Å²) < 4.78 is 0. The number of pyridine rings is 1. The van der Waals surface area contributed by atoms with Gasteiger partial charge in [-0.25, -0.2) is 4.98 Å². The molecule has 0 saturated carbocycles. The van der Waals surface area contributed by atoms with Gasteiger partial charge in [-0.15, -0.1) is 0 Å². The molecule has 0 radical (unpaired) electrons. The van der Waals surface area contributed by atoms with Crippen LogP contribution in [-0.4, -0.2) is 29.9 Å². The minimum absolute atomic E-state index is 0.252. The van der Waals surface area contributed by atoms with Gasteiger partial charge in [0.05, 0.1) is 0 Å². The lowest BCUT2D eigenvalue weighted by Crippen LogP contribution is -2.27. The van der Waals surface area contributed by atoms with Gasteiger partial charge in [-0.3, -0.25) is 9.59 Å². The van der Waals surface area contributed by atoms with E-state index in [1.807, 2.05) is 13.8 Å². The van der Waals surface area contributed by atoms with Gasteiger partial charge in [-0.05, 0) is 25.5 Å². The molecular formula is C12H17N3O2. The van der Waals surface area contributed by atoms with Gasteiger partial charge in [0.15, 0.2) is 0 Å². The Hall–Kier alpha value is -1.91. The topological polar surface area (TPSA) is 71.1 Å². The lowest BCUT2D eigenvalue weighted by atomic mass is 10.2. The Morgan fingerprint density at radius 3 is 2.24 bits per heavy atom. The normalized spacial score (nSPS) is 9.76. The highest BCUT2D eigenvalue weighted by atomic mass is 16.2. The Bertz CT molecular complexity index is 404. The van der Waals surface area contributed by atoms with Crippen molar-refractivity contribution in [3.63, 3.8) is 0 Å². The summed E-state index contributed by atoms with van der Waals surface area (Å²) in [5, 5.41) is 5.35. The molecule has 0 bridgehead atoms. The third-order valence-electron chi connectivity index (χ3n) is 2.09. The summed E-state index contributed by atoms with van der Waals surface area (Å²) in [6.45, 7) is 4.94. The Labute approximate surface area is 101 Å². The summed E-state index contributed by atoms with van der Waals surface area (Å²) in [5.74, 6) is -0.518. The molecule has 92 valence electrons. The van der Waals surface area contributed by atoms with Crippen LogP contribution in [-0.2, 0) is 0 Å². The zero-order chi connectivity index (χ0) is 12.7. The smallest absolute Gasteiger partial charge is 0.269 e. The lowest BCUT2D eigenvalue weighted by molar-refractivity contribution is 0.0945. The third kappa shape index (κ3) is 3.86. The minimum atomic E-state index is -0.266. The molecule has 2 amide bonds. The minimum Gasteiger partial charge on any atom is -0.351 e. The molecule has 17 heavy (non-hydrogen) atoms. The van der Waals surface area contributed by atoms with Crippen LogP contribution >= 0.6 is 0 Å². The number of nitrogens with zero attached hydrogens (tertiary/aromatic N) is 1. The van der Waals surface area contributed by atoms with Crippen LogP contribution in [0.4, 0.5) is 0 Å². The first kappa shape index (κ1) is 13.2. The number of carbonyl (C=O) groups is 2. The van der Waals surface area contributed by atoms with Crippen LogP contribution in [0, 0.1) is 0 Å². The maximum atomic E-state index is 11.6.